The highest BCUT2D eigenvalue weighted by Crippen LogP contribution is 2.16. The van der Waals surface area contributed by atoms with E-state index in [0.29, 0.717) is 62.3 Å². The zero-order valence-corrected chi connectivity index (χ0v) is 22.6. The van der Waals surface area contributed by atoms with Gasteiger partial charge in [-0.15, -0.1) is 0 Å². The maximum absolute atomic E-state index is 13.1. The summed E-state index contributed by atoms with van der Waals surface area (Å²) < 4.78 is 13.1. The average Bonchev–Trinajstić information content (AvgIpc) is 3.02. The molecule has 2 aliphatic rings. The molecule has 5 rings (SSSR count). The first kappa shape index (κ1) is 27.9. The van der Waals surface area contributed by atoms with Crippen molar-refractivity contribution in [2.45, 2.75) is 25.4 Å². The van der Waals surface area contributed by atoms with E-state index in [0.717, 1.165) is 18.7 Å². The van der Waals surface area contributed by atoms with Crippen molar-refractivity contribution in [3.8, 4) is 6.07 Å². The molecule has 2 saturated heterocycles. The highest BCUT2D eigenvalue weighted by Gasteiger charge is 2.26. The van der Waals surface area contributed by atoms with Gasteiger partial charge in [-0.3, -0.25) is 24.3 Å². The van der Waals surface area contributed by atoms with Crippen LogP contribution in [0.25, 0.3) is 0 Å². The number of rotatable bonds is 6. The van der Waals surface area contributed by atoms with E-state index in [9.17, 15) is 18.8 Å². The van der Waals surface area contributed by atoms with E-state index in [1.165, 1.54) is 18.3 Å². The van der Waals surface area contributed by atoms with E-state index in [2.05, 4.69) is 15.2 Å². The van der Waals surface area contributed by atoms with Gasteiger partial charge in [0.05, 0.1) is 17.2 Å². The number of aromatic nitrogens is 1. The Morgan fingerprint density at radius 3 is 2.05 bits per heavy atom. The van der Waals surface area contributed by atoms with Crippen LogP contribution in [0.5, 0.6) is 0 Å². The second kappa shape index (κ2) is 12.7. The third-order valence-corrected chi connectivity index (χ3v) is 7.60. The molecule has 9 nitrogen and oxygen atoms in total. The van der Waals surface area contributed by atoms with E-state index in [4.69, 9.17) is 5.26 Å². The van der Waals surface area contributed by atoms with Crippen molar-refractivity contribution in [1.82, 2.24) is 25.0 Å². The summed E-state index contributed by atoms with van der Waals surface area (Å²) >= 11 is 0. The van der Waals surface area contributed by atoms with Gasteiger partial charge >= 0.3 is 0 Å². The molecule has 0 aliphatic carbocycles. The molecule has 0 radical (unpaired) electrons. The summed E-state index contributed by atoms with van der Waals surface area (Å²) in [5.74, 6) is -0.771. The lowest BCUT2D eigenvalue weighted by molar-refractivity contribution is 0.0626. The second-order valence-electron chi connectivity index (χ2n) is 10.4. The van der Waals surface area contributed by atoms with E-state index in [1.807, 2.05) is 6.07 Å². The minimum absolute atomic E-state index is 0.0816. The fourth-order valence-corrected chi connectivity index (χ4v) is 5.15. The number of piperidine rings is 1. The Labute approximate surface area is 238 Å². The molecule has 0 spiro atoms. The summed E-state index contributed by atoms with van der Waals surface area (Å²) in [7, 11) is 0. The van der Waals surface area contributed by atoms with Crippen LogP contribution in [-0.4, -0.2) is 82.7 Å². The number of carbonyl (C=O) groups is 3. The Balaban J connectivity index is 1.07. The molecule has 3 heterocycles. The smallest absolute Gasteiger partial charge is 0.270 e. The number of nitrogens with one attached hydrogen (secondary N) is 1. The third kappa shape index (κ3) is 6.94. The molecule has 2 aliphatic heterocycles. The van der Waals surface area contributed by atoms with Crippen LogP contribution in [0.15, 0.2) is 66.9 Å². The Hall–Kier alpha value is -4.62. The van der Waals surface area contributed by atoms with Gasteiger partial charge in [0.25, 0.3) is 17.7 Å². The van der Waals surface area contributed by atoms with Gasteiger partial charge in [-0.25, -0.2) is 4.39 Å². The van der Waals surface area contributed by atoms with Gasteiger partial charge in [0.15, 0.2) is 0 Å². The lowest BCUT2D eigenvalue weighted by atomic mass is 10.0. The standard InChI is InChI=1S/C31H31FN6O3/c32-26-8-3-23(4-9-26)21-36-15-17-38(18-16-36)31(41)25-7-10-28(34-20-25)29(39)35-27-11-13-37(14-12-27)30(40)24-5-1-22(19-33)2-6-24/h1-10,20,27H,11-18,21H2,(H,35,39). The summed E-state index contributed by atoms with van der Waals surface area (Å²) in [5.41, 5.74) is 2.75. The van der Waals surface area contributed by atoms with Crippen molar-refractivity contribution in [1.29, 1.82) is 5.26 Å². The van der Waals surface area contributed by atoms with E-state index in [-0.39, 0.29) is 35.3 Å². The second-order valence-corrected chi connectivity index (χ2v) is 10.4. The molecule has 0 atom stereocenters. The van der Waals surface area contributed by atoms with E-state index < -0.39 is 0 Å². The highest BCUT2D eigenvalue weighted by molar-refractivity contribution is 5.96. The van der Waals surface area contributed by atoms with Gasteiger partial charge in [0, 0.05) is 63.6 Å². The number of carbonyl (C=O) groups excluding carboxylic acids is 3. The molecular weight excluding hydrogens is 523 g/mol. The van der Waals surface area contributed by atoms with Crippen LogP contribution < -0.4 is 5.32 Å². The number of hydrogen-bond acceptors (Lipinski definition) is 6. The van der Waals surface area contributed by atoms with Crippen LogP contribution in [0.1, 0.15) is 55.2 Å². The van der Waals surface area contributed by atoms with Crippen molar-refractivity contribution in [3.05, 3.63) is 101 Å². The van der Waals surface area contributed by atoms with Gasteiger partial charge in [-0.2, -0.15) is 5.26 Å². The molecule has 3 aromatic rings. The summed E-state index contributed by atoms with van der Waals surface area (Å²) in [5, 5.41) is 11.9. The zero-order chi connectivity index (χ0) is 28.8. The molecule has 2 fully saturated rings. The lowest BCUT2D eigenvalue weighted by Crippen LogP contribution is -2.48. The number of nitrogens with zero attached hydrogens (tertiary/aromatic N) is 5. The first-order valence-electron chi connectivity index (χ1n) is 13.7. The largest absolute Gasteiger partial charge is 0.348 e. The molecule has 1 N–H and O–H groups in total. The Kier molecular flexibility index (Phi) is 8.65. The first-order chi connectivity index (χ1) is 19.9. The minimum atomic E-state index is -0.310. The maximum Gasteiger partial charge on any atom is 0.270 e. The predicted octanol–water partition coefficient (Wildman–Crippen LogP) is 3.08. The third-order valence-electron chi connectivity index (χ3n) is 7.60. The van der Waals surface area contributed by atoms with Crippen molar-refractivity contribution < 1.29 is 18.8 Å². The molecule has 1 aromatic heterocycles. The predicted molar refractivity (Wildman–Crippen MR) is 149 cm³/mol. The SMILES string of the molecule is N#Cc1ccc(C(=O)N2CCC(NC(=O)c3ccc(C(=O)N4CCN(Cc5ccc(F)cc5)CC4)cn3)CC2)cc1. The number of likely N-dealkylation sites (tertiary alicyclic amines) is 1. The van der Waals surface area contributed by atoms with Crippen LogP contribution >= 0.6 is 0 Å². The summed E-state index contributed by atoms with van der Waals surface area (Å²) in [4.78, 5) is 48.6. The monoisotopic (exact) mass is 554 g/mol. The number of nitriles is 1. The lowest BCUT2D eigenvalue weighted by Gasteiger charge is -2.34. The normalized spacial score (nSPS) is 16.2. The molecule has 2 aromatic carbocycles. The molecule has 3 amide bonds. The number of amides is 3. The Bertz CT molecular complexity index is 1420. The number of hydrogen-bond donors (Lipinski definition) is 1. The number of pyridine rings is 1. The number of halogens is 1. The van der Waals surface area contributed by atoms with Crippen LogP contribution in [0.4, 0.5) is 4.39 Å². The van der Waals surface area contributed by atoms with E-state index >= 15 is 0 Å². The Morgan fingerprint density at radius 1 is 0.829 bits per heavy atom. The van der Waals surface area contributed by atoms with Crippen molar-refractivity contribution in [3.63, 3.8) is 0 Å². The van der Waals surface area contributed by atoms with Crippen molar-refractivity contribution >= 4 is 17.7 Å². The molecule has 0 saturated carbocycles. The molecule has 41 heavy (non-hydrogen) atoms. The number of benzene rings is 2. The summed E-state index contributed by atoms with van der Waals surface area (Å²) in [6.45, 7) is 4.33. The number of piperazine rings is 1. The topological polar surface area (TPSA) is 110 Å². The van der Waals surface area contributed by atoms with E-state index in [1.54, 1.807) is 58.3 Å². The fourth-order valence-electron chi connectivity index (χ4n) is 5.15. The quantitative estimate of drug-likeness (QED) is 0.502. The fraction of sp³-hybridized carbons (Fsp3) is 0.323. The van der Waals surface area contributed by atoms with Crippen LogP contribution in [0.3, 0.4) is 0 Å². The van der Waals surface area contributed by atoms with Gasteiger partial charge in [0.2, 0.25) is 0 Å². The molecule has 210 valence electrons. The van der Waals surface area contributed by atoms with Crippen LogP contribution in [0, 0.1) is 17.1 Å². The van der Waals surface area contributed by atoms with Gasteiger partial charge in [0.1, 0.15) is 11.5 Å². The van der Waals surface area contributed by atoms with Gasteiger partial charge in [-0.05, 0) is 66.9 Å². The molecule has 10 heteroatoms. The van der Waals surface area contributed by atoms with Crippen LogP contribution in [0.2, 0.25) is 0 Å². The summed E-state index contributed by atoms with van der Waals surface area (Å²) in [6.07, 6.45) is 2.69. The average molecular weight is 555 g/mol. The van der Waals surface area contributed by atoms with Crippen molar-refractivity contribution in [2.24, 2.45) is 0 Å². The molecular formula is C31H31FN6O3. The Morgan fingerprint density at radius 2 is 1.44 bits per heavy atom. The maximum atomic E-state index is 13.1. The summed E-state index contributed by atoms with van der Waals surface area (Å²) in [6, 6.07) is 18.2. The zero-order valence-electron chi connectivity index (χ0n) is 22.6. The molecule has 0 bridgehead atoms. The minimum Gasteiger partial charge on any atom is -0.348 e. The van der Waals surface area contributed by atoms with Crippen LogP contribution in [-0.2, 0) is 6.54 Å². The molecule has 0 unspecified atom stereocenters. The first-order valence-corrected chi connectivity index (χ1v) is 13.7. The van der Waals surface area contributed by atoms with Gasteiger partial charge < -0.3 is 15.1 Å². The van der Waals surface area contributed by atoms with Gasteiger partial charge in [-0.1, -0.05) is 12.1 Å². The van der Waals surface area contributed by atoms with Crippen molar-refractivity contribution in [2.75, 3.05) is 39.3 Å². The highest BCUT2D eigenvalue weighted by atomic mass is 19.1.